The van der Waals surface area contributed by atoms with Gasteiger partial charge >= 0.3 is 0 Å². The van der Waals surface area contributed by atoms with Crippen LogP contribution in [0.25, 0.3) is 0 Å². The fourth-order valence-corrected chi connectivity index (χ4v) is 1.19. The molecule has 9 heavy (non-hydrogen) atoms. The summed E-state index contributed by atoms with van der Waals surface area (Å²) in [5.74, 6) is 0. The van der Waals surface area contributed by atoms with Gasteiger partial charge in [-0.15, -0.1) is 0 Å². The van der Waals surface area contributed by atoms with Crippen LogP contribution in [0, 0.1) is 0 Å². The van der Waals surface area contributed by atoms with Gasteiger partial charge in [-0.3, -0.25) is 0 Å². The third kappa shape index (κ3) is 2.05. The largest absolute Gasteiger partial charge is 0.376 e. The van der Waals surface area contributed by atoms with Gasteiger partial charge in [0, 0.05) is 4.43 Å². The molecule has 54 valence electrons. The van der Waals surface area contributed by atoms with E-state index in [-0.39, 0.29) is 5.60 Å². The molecule has 3 heteroatoms. The maximum absolute atomic E-state index is 5.48. The first-order valence-electron chi connectivity index (χ1n) is 3.04. The quantitative estimate of drug-likeness (QED) is 0.508. The molecule has 1 rings (SSSR count). The van der Waals surface area contributed by atoms with E-state index in [0.717, 1.165) is 24.2 Å². The molecule has 1 saturated heterocycles. The highest BCUT2D eigenvalue weighted by Gasteiger charge is 2.26. The minimum absolute atomic E-state index is 0.0151. The van der Waals surface area contributed by atoms with Crippen LogP contribution in [0.2, 0.25) is 0 Å². The summed E-state index contributed by atoms with van der Waals surface area (Å²) in [5, 5.41) is 0. The summed E-state index contributed by atoms with van der Waals surface area (Å²) in [4.78, 5) is 0. The van der Waals surface area contributed by atoms with Crippen molar-refractivity contribution in [3.8, 4) is 0 Å². The summed E-state index contributed by atoms with van der Waals surface area (Å²) in [5.41, 5.74) is -0.0151. The molecular weight excluding hydrogens is 231 g/mol. The van der Waals surface area contributed by atoms with Gasteiger partial charge in [0.2, 0.25) is 0 Å². The van der Waals surface area contributed by atoms with Crippen molar-refractivity contribution in [2.24, 2.45) is 0 Å². The van der Waals surface area contributed by atoms with Crippen molar-refractivity contribution in [2.75, 3.05) is 24.2 Å². The molecule has 0 bridgehead atoms. The number of halogens is 1. The van der Waals surface area contributed by atoms with E-state index in [9.17, 15) is 0 Å². The average molecular weight is 242 g/mol. The van der Waals surface area contributed by atoms with Crippen LogP contribution in [0.15, 0.2) is 0 Å². The lowest BCUT2D eigenvalue weighted by Crippen LogP contribution is -2.41. The first-order chi connectivity index (χ1) is 4.27. The Morgan fingerprint density at radius 1 is 1.56 bits per heavy atom. The minimum Gasteiger partial charge on any atom is -0.376 e. The van der Waals surface area contributed by atoms with Crippen molar-refractivity contribution < 1.29 is 9.47 Å². The topological polar surface area (TPSA) is 18.5 Å². The smallest absolute Gasteiger partial charge is 0.0976 e. The number of rotatable bonds is 1. The molecule has 0 spiro atoms. The minimum atomic E-state index is -0.0151. The third-order valence-corrected chi connectivity index (χ3v) is 2.98. The van der Waals surface area contributed by atoms with E-state index in [0.29, 0.717) is 0 Å². The zero-order valence-corrected chi connectivity index (χ0v) is 7.68. The number of hydrogen-bond donors (Lipinski definition) is 0. The van der Waals surface area contributed by atoms with Crippen molar-refractivity contribution in [1.29, 1.82) is 0 Å². The van der Waals surface area contributed by atoms with Crippen LogP contribution in [0.5, 0.6) is 0 Å². The van der Waals surface area contributed by atoms with Gasteiger partial charge in [0.1, 0.15) is 0 Å². The summed E-state index contributed by atoms with van der Waals surface area (Å²) in [6.07, 6.45) is 0. The molecule has 2 nitrogen and oxygen atoms in total. The second-order valence-corrected chi connectivity index (χ2v) is 3.25. The lowest BCUT2D eigenvalue weighted by molar-refractivity contribution is -0.133. The Labute approximate surface area is 69.0 Å². The summed E-state index contributed by atoms with van der Waals surface area (Å²) in [7, 11) is 0. The van der Waals surface area contributed by atoms with Crippen LogP contribution < -0.4 is 0 Å². The van der Waals surface area contributed by atoms with Crippen molar-refractivity contribution >= 4 is 22.6 Å². The van der Waals surface area contributed by atoms with Crippen molar-refractivity contribution in [3.63, 3.8) is 0 Å². The van der Waals surface area contributed by atoms with Gasteiger partial charge in [-0.05, 0) is 6.92 Å². The van der Waals surface area contributed by atoms with Gasteiger partial charge < -0.3 is 9.47 Å². The predicted molar refractivity (Wildman–Crippen MR) is 44.1 cm³/mol. The maximum atomic E-state index is 5.48. The Bertz CT molecular complexity index is 89.1. The Morgan fingerprint density at radius 3 is 2.67 bits per heavy atom. The van der Waals surface area contributed by atoms with Crippen LogP contribution >= 0.6 is 22.6 Å². The van der Waals surface area contributed by atoms with E-state index in [4.69, 9.17) is 9.47 Å². The first kappa shape index (κ1) is 7.75. The normalized spacial score (nSPS) is 36.7. The molecule has 0 saturated carbocycles. The molecule has 0 aromatic rings. The zero-order chi connectivity index (χ0) is 6.74. The maximum Gasteiger partial charge on any atom is 0.0976 e. The molecule has 1 atom stereocenters. The zero-order valence-electron chi connectivity index (χ0n) is 5.52. The third-order valence-electron chi connectivity index (χ3n) is 1.37. The molecule has 0 aromatic heterocycles. The fourth-order valence-electron chi connectivity index (χ4n) is 0.754. The van der Waals surface area contributed by atoms with Gasteiger partial charge in [0.25, 0.3) is 0 Å². The highest BCUT2D eigenvalue weighted by Crippen LogP contribution is 2.17. The molecule has 1 aliphatic rings. The first-order valence-corrected chi connectivity index (χ1v) is 4.57. The lowest BCUT2D eigenvalue weighted by Gasteiger charge is -2.31. The predicted octanol–water partition coefficient (Wildman–Crippen LogP) is 1.23. The van der Waals surface area contributed by atoms with Gasteiger partial charge in [-0.1, -0.05) is 22.6 Å². The average Bonchev–Trinajstić information content (AvgIpc) is 1.90. The van der Waals surface area contributed by atoms with Gasteiger partial charge in [-0.2, -0.15) is 0 Å². The molecule has 0 N–H and O–H groups in total. The lowest BCUT2D eigenvalue weighted by atomic mass is 10.1. The van der Waals surface area contributed by atoms with E-state index in [2.05, 4.69) is 29.5 Å². The molecule has 1 aliphatic heterocycles. The number of ether oxygens (including phenoxy) is 2. The van der Waals surface area contributed by atoms with Gasteiger partial charge in [-0.25, -0.2) is 0 Å². The summed E-state index contributed by atoms with van der Waals surface area (Å²) in [6.45, 7) is 4.33. The fraction of sp³-hybridized carbons (Fsp3) is 1.00. The summed E-state index contributed by atoms with van der Waals surface area (Å²) in [6, 6.07) is 0. The van der Waals surface area contributed by atoms with E-state index >= 15 is 0 Å². The van der Waals surface area contributed by atoms with Gasteiger partial charge in [0.15, 0.2) is 0 Å². The van der Waals surface area contributed by atoms with E-state index in [1.54, 1.807) is 0 Å². The molecule has 0 aromatic carbocycles. The van der Waals surface area contributed by atoms with Crippen LogP contribution in [0.3, 0.4) is 0 Å². The molecule has 0 aliphatic carbocycles. The second kappa shape index (κ2) is 3.16. The van der Waals surface area contributed by atoms with Crippen molar-refractivity contribution in [1.82, 2.24) is 0 Å². The molecule has 1 unspecified atom stereocenters. The van der Waals surface area contributed by atoms with E-state index < -0.39 is 0 Å². The van der Waals surface area contributed by atoms with Crippen LogP contribution in [-0.2, 0) is 9.47 Å². The van der Waals surface area contributed by atoms with Crippen LogP contribution in [-0.4, -0.2) is 29.8 Å². The number of alkyl halides is 1. The monoisotopic (exact) mass is 242 g/mol. The molecule has 1 fully saturated rings. The second-order valence-electron chi connectivity index (χ2n) is 2.48. The highest BCUT2D eigenvalue weighted by atomic mass is 127. The molecule has 0 radical (unpaired) electrons. The van der Waals surface area contributed by atoms with Crippen LogP contribution in [0.1, 0.15) is 6.92 Å². The Morgan fingerprint density at radius 2 is 2.33 bits per heavy atom. The number of hydrogen-bond acceptors (Lipinski definition) is 2. The molecular formula is C6H11IO2. The molecule has 1 heterocycles. The highest BCUT2D eigenvalue weighted by molar-refractivity contribution is 14.1. The summed E-state index contributed by atoms with van der Waals surface area (Å²) < 4.78 is 11.7. The Hall–Kier alpha value is 0.650. The Balaban J connectivity index is 2.37. The summed E-state index contributed by atoms with van der Waals surface area (Å²) >= 11 is 2.32. The van der Waals surface area contributed by atoms with E-state index in [1.807, 2.05) is 0 Å². The Kier molecular flexibility index (Phi) is 2.73. The molecule has 0 amide bonds. The van der Waals surface area contributed by atoms with Crippen molar-refractivity contribution in [3.05, 3.63) is 0 Å². The van der Waals surface area contributed by atoms with Gasteiger partial charge in [0.05, 0.1) is 25.4 Å². The SMILES string of the molecule is CC1(CI)COCCO1. The standard InChI is InChI=1S/C6H11IO2/c1-6(4-7)5-8-2-3-9-6/h2-5H2,1H3. The van der Waals surface area contributed by atoms with Crippen LogP contribution in [0.4, 0.5) is 0 Å². The van der Waals surface area contributed by atoms with E-state index in [1.165, 1.54) is 0 Å². The van der Waals surface area contributed by atoms with Crippen molar-refractivity contribution in [2.45, 2.75) is 12.5 Å².